The van der Waals surface area contributed by atoms with Gasteiger partial charge in [-0.15, -0.1) is 11.3 Å². The van der Waals surface area contributed by atoms with Crippen molar-refractivity contribution in [3.8, 4) is 0 Å². The molecule has 2 amide bonds. The van der Waals surface area contributed by atoms with E-state index in [1.54, 1.807) is 35.6 Å². The largest absolute Gasteiger partial charge is 0.352 e. The van der Waals surface area contributed by atoms with Gasteiger partial charge in [0.2, 0.25) is 0 Å². The predicted octanol–water partition coefficient (Wildman–Crippen LogP) is 5.55. The van der Waals surface area contributed by atoms with Crippen LogP contribution in [0.3, 0.4) is 0 Å². The van der Waals surface area contributed by atoms with Crippen LogP contribution in [-0.4, -0.2) is 18.4 Å². The zero-order valence-electron chi connectivity index (χ0n) is 16.8. The Balaban J connectivity index is 1.93. The Morgan fingerprint density at radius 2 is 1.86 bits per heavy atom. The van der Waals surface area contributed by atoms with Gasteiger partial charge in [0.05, 0.1) is 5.56 Å². The molecule has 0 radical (unpaired) electrons. The molecule has 1 heterocycles. The number of hydrogen-bond donors (Lipinski definition) is 2. The number of hydrogen-bond acceptors (Lipinski definition) is 3. The summed E-state index contributed by atoms with van der Waals surface area (Å²) in [4.78, 5) is 26.7. The first-order valence-corrected chi connectivity index (χ1v) is 10.9. The van der Waals surface area contributed by atoms with Gasteiger partial charge >= 0.3 is 0 Å². The normalized spacial score (nSPS) is 16.4. The van der Waals surface area contributed by atoms with Crippen LogP contribution >= 0.6 is 22.9 Å². The highest BCUT2D eigenvalue weighted by atomic mass is 35.5. The second-order valence-electron chi connectivity index (χ2n) is 8.33. The molecule has 0 aliphatic heterocycles. The van der Waals surface area contributed by atoms with Gasteiger partial charge in [-0.2, -0.15) is 0 Å². The fourth-order valence-electron chi connectivity index (χ4n) is 3.68. The summed E-state index contributed by atoms with van der Waals surface area (Å²) in [5.74, 6) is 0.231. The van der Waals surface area contributed by atoms with Crippen LogP contribution in [0.1, 0.15) is 65.3 Å². The number of benzene rings is 1. The van der Waals surface area contributed by atoms with Crippen molar-refractivity contribution in [1.29, 1.82) is 0 Å². The fourth-order valence-corrected chi connectivity index (χ4v) is 5.12. The molecule has 1 unspecified atom stereocenters. The summed E-state index contributed by atoms with van der Waals surface area (Å²) in [6.45, 7) is 9.26. The Morgan fingerprint density at radius 1 is 1.18 bits per heavy atom. The quantitative estimate of drug-likeness (QED) is 0.683. The number of fused-ring (bicyclic) bond motifs is 1. The molecule has 1 aliphatic rings. The Labute approximate surface area is 175 Å². The van der Waals surface area contributed by atoms with Crippen LogP contribution in [0.2, 0.25) is 5.02 Å². The van der Waals surface area contributed by atoms with Crippen LogP contribution in [0.5, 0.6) is 0 Å². The number of thiophene rings is 1. The Kier molecular flexibility index (Phi) is 6.15. The number of amides is 2. The van der Waals surface area contributed by atoms with E-state index in [9.17, 15) is 9.59 Å². The molecule has 6 heteroatoms. The van der Waals surface area contributed by atoms with Crippen LogP contribution in [0.4, 0.5) is 5.00 Å². The molecule has 28 heavy (non-hydrogen) atoms. The van der Waals surface area contributed by atoms with Crippen molar-refractivity contribution < 1.29 is 9.59 Å². The van der Waals surface area contributed by atoms with Gasteiger partial charge in [-0.1, -0.05) is 32.4 Å². The Morgan fingerprint density at radius 3 is 2.46 bits per heavy atom. The second-order valence-corrected chi connectivity index (χ2v) is 9.88. The summed E-state index contributed by atoms with van der Waals surface area (Å²) >= 11 is 7.46. The maximum atomic E-state index is 12.8. The molecule has 4 nitrogen and oxygen atoms in total. The fraction of sp³-hybridized carbons (Fsp3) is 0.455. The molecule has 1 aliphatic carbocycles. The molecule has 0 bridgehead atoms. The molecule has 1 atom stereocenters. The van der Waals surface area contributed by atoms with E-state index < -0.39 is 0 Å². The maximum absolute atomic E-state index is 12.8. The third-order valence-electron chi connectivity index (χ3n) is 5.39. The molecule has 0 spiro atoms. The topological polar surface area (TPSA) is 58.2 Å². The van der Waals surface area contributed by atoms with Crippen LogP contribution in [-0.2, 0) is 12.8 Å². The predicted molar refractivity (Wildman–Crippen MR) is 117 cm³/mol. The molecule has 2 aromatic rings. The lowest BCUT2D eigenvalue weighted by Crippen LogP contribution is -2.28. The van der Waals surface area contributed by atoms with Crippen LogP contribution < -0.4 is 10.6 Å². The summed E-state index contributed by atoms with van der Waals surface area (Å²) in [7, 11) is 0. The van der Waals surface area contributed by atoms with E-state index in [1.807, 2.05) is 6.92 Å². The molecule has 0 fully saturated rings. The van der Waals surface area contributed by atoms with Gasteiger partial charge in [0, 0.05) is 22.0 Å². The van der Waals surface area contributed by atoms with E-state index in [0.717, 1.165) is 24.8 Å². The van der Waals surface area contributed by atoms with Gasteiger partial charge in [0.25, 0.3) is 11.8 Å². The number of carbonyl (C=O) groups is 2. The molecule has 2 N–H and O–H groups in total. The van der Waals surface area contributed by atoms with E-state index in [2.05, 4.69) is 31.4 Å². The van der Waals surface area contributed by atoms with Crippen molar-refractivity contribution in [2.45, 2.75) is 47.0 Å². The highest BCUT2D eigenvalue weighted by Crippen LogP contribution is 2.44. The summed E-state index contributed by atoms with van der Waals surface area (Å²) in [6.07, 6.45) is 2.88. The first-order chi connectivity index (χ1) is 13.2. The molecule has 0 saturated heterocycles. The van der Waals surface area contributed by atoms with E-state index in [0.29, 0.717) is 33.6 Å². The lowest BCUT2D eigenvalue weighted by atomic mass is 9.72. The third-order valence-corrected chi connectivity index (χ3v) is 6.81. The Bertz CT molecular complexity index is 881. The van der Waals surface area contributed by atoms with Crippen molar-refractivity contribution >= 4 is 39.8 Å². The SMILES string of the molecule is CCNC(=O)c1c(NC(=O)c2ccc(Cl)cc2)sc2c1CCC(C(C)(C)C)C2. The molecular weight excluding hydrogens is 392 g/mol. The average Bonchev–Trinajstić information content (AvgIpc) is 2.98. The summed E-state index contributed by atoms with van der Waals surface area (Å²) < 4.78 is 0. The zero-order valence-corrected chi connectivity index (χ0v) is 18.4. The van der Waals surface area contributed by atoms with Gasteiger partial charge < -0.3 is 10.6 Å². The number of carbonyl (C=O) groups excluding carboxylic acids is 2. The van der Waals surface area contributed by atoms with Crippen molar-refractivity contribution in [2.75, 3.05) is 11.9 Å². The van der Waals surface area contributed by atoms with Crippen LogP contribution in [0, 0.1) is 11.3 Å². The highest BCUT2D eigenvalue weighted by molar-refractivity contribution is 7.17. The molecule has 1 aromatic heterocycles. The number of halogens is 1. The number of rotatable bonds is 4. The van der Waals surface area contributed by atoms with Crippen molar-refractivity contribution in [1.82, 2.24) is 5.32 Å². The van der Waals surface area contributed by atoms with Gasteiger partial charge in [-0.05, 0) is 67.3 Å². The van der Waals surface area contributed by atoms with Crippen molar-refractivity contribution in [3.05, 3.63) is 50.9 Å². The van der Waals surface area contributed by atoms with Gasteiger partial charge in [0.15, 0.2) is 0 Å². The number of nitrogens with one attached hydrogen (secondary N) is 2. The molecule has 1 aromatic carbocycles. The first-order valence-electron chi connectivity index (χ1n) is 9.70. The lowest BCUT2D eigenvalue weighted by Gasteiger charge is -2.33. The lowest BCUT2D eigenvalue weighted by molar-refractivity contribution is 0.0955. The summed E-state index contributed by atoms with van der Waals surface area (Å²) in [5.41, 5.74) is 2.48. The minimum atomic E-state index is -0.229. The standard InChI is InChI=1S/C22H27ClN2O2S/c1-5-24-20(27)18-16-11-8-14(22(2,3)4)12-17(16)28-21(18)25-19(26)13-6-9-15(23)10-7-13/h6-7,9-10,14H,5,8,11-12H2,1-4H3,(H,24,27)(H,25,26). The minimum absolute atomic E-state index is 0.111. The average molecular weight is 419 g/mol. The molecule has 150 valence electrons. The minimum Gasteiger partial charge on any atom is -0.352 e. The number of anilines is 1. The monoisotopic (exact) mass is 418 g/mol. The molecule has 3 rings (SSSR count). The molecule has 0 saturated carbocycles. The summed E-state index contributed by atoms with van der Waals surface area (Å²) in [6, 6.07) is 6.75. The van der Waals surface area contributed by atoms with E-state index in [-0.39, 0.29) is 17.2 Å². The Hall–Kier alpha value is -1.85. The third kappa shape index (κ3) is 4.41. The smallest absolute Gasteiger partial charge is 0.256 e. The van der Waals surface area contributed by atoms with Crippen LogP contribution in [0.15, 0.2) is 24.3 Å². The van der Waals surface area contributed by atoms with E-state index in [4.69, 9.17) is 11.6 Å². The van der Waals surface area contributed by atoms with Gasteiger partial charge in [-0.25, -0.2) is 0 Å². The second kappa shape index (κ2) is 8.26. The van der Waals surface area contributed by atoms with E-state index in [1.165, 1.54) is 4.88 Å². The maximum Gasteiger partial charge on any atom is 0.256 e. The molecular formula is C22H27ClN2O2S. The first kappa shape index (κ1) is 20.9. The van der Waals surface area contributed by atoms with Gasteiger partial charge in [0.1, 0.15) is 5.00 Å². The summed E-state index contributed by atoms with van der Waals surface area (Å²) in [5, 5.41) is 7.10. The van der Waals surface area contributed by atoms with Crippen LogP contribution in [0.25, 0.3) is 0 Å². The van der Waals surface area contributed by atoms with Crippen molar-refractivity contribution in [2.24, 2.45) is 11.3 Å². The zero-order chi connectivity index (χ0) is 20.5. The van der Waals surface area contributed by atoms with E-state index >= 15 is 0 Å². The van der Waals surface area contributed by atoms with Crippen molar-refractivity contribution in [3.63, 3.8) is 0 Å². The highest BCUT2D eigenvalue weighted by Gasteiger charge is 2.34. The van der Waals surface area contributed by atoms with Gasteiger partial charge in [-0.3, -0.25) is 9.59 Å².